The predicted molar refractivity (Wildman–Crippen MR) is 130 cm³/mol. The predicted octanol–water partition coefficient (Wildman–Crippen LogP) is 2.70. The van der Waals surface area contributed by atoms with Gasteiger partial charge in [0.05, 0.1) is 5.92 Å². The molecule has 0 unspecified atom stereocenters. The van der Waals surface area contributed by atoms with Gasteiger partial charge in [-0.15, -0.1) is 0 Å². The summed E-state index contributed by atoms with van der Waals surface area (Å²) in [7, 11) is 0. The average molecular weight is 498 g/mol. The monoisotopic (exact) mass is 497 g/mol. The summed E-state index contributed by atoms with van der Waals surface area (Å²) in [6.45, 7) is 3.06. The largest absolute Gasteiger partial charge is 0.485 e. The Bertz CT molecular complexity index is 1100. The van der Waals surface area contributed by atoms with Gasteiger partial charge in [0.2, 0.25) is 12.0 Å². The minimum Gasteiger partial charge on any atom is -0.485 e. The van der Waals surface area contributed by atoms with Gasteiger partial charge in [-0.25, -0.2) is 0 Å². The van der Waals surface area contributed by atoms with Crippen LogP contribution in [0.4, 0.5) is 0 Å². The van der Waals surface area contributed by atoms with Crippen molar-refractivity contribution in [1.82, 2.24) is 14.7 Å². The first-order chi connectivity index (χ1) is 17.0. The van der Waals surface area contributed by atoms with Gasteiger partial charge in [-0.3, -0.25) is 14.4 Å². The number of rotatable bonds is 3. The molecule has 0 saturated carbocycles. The van der Waals surface area contributed by atoms with Crippen LogP contribution in [-0.4, -0.2) is 84.4 Å². The van der Waals surface area contributed by atoms with Crippen molar-refractivity contribution in [3.8, 4) is 11.5 Å². The minimum absolute atomic E-state index is 0.0527. The van der Waals surface area contributed by atoms with Crippen molar-refractivity contribution in [2.45, 2.75) is 18.9 Å². The second-order valence-electron chi connectivity index (χ2n) is 9.11. The van der Waals surface area contributed by atoms with E-state index in [1.165, 1.54) is 0 Å². The van der Waals surface area contributed by atoms with Crippen LogP contribution in [0.15, 0.2) is 48.5 Å². The Labute approximate surface area is 209 Å². The standard InChI is InChI=1S/C26H28ClN3O5/c27-20-9-7-18(8-10-20)24(31)30-11-3-4-19(16-30)25(32)28-12-14-29(15-13-28)26(33)23-17-34-21-5-1-2-6-22(21)35-23/h1-2,5-10,19,23H,3-4,11-17H2/t19-,23+/m1/s1. The van der Waals surface area contributed by atoms with Crippen LogP contribution in [0.1, 0.15) is 23.2 Å². The van der Waals surface area contributed by atoms with E-state index in [2.05, 4.69) is 0 Å². The molecule has 35 heavy (non-hydrogen) atoms. The fourth-order valence-corrected chi connectivity index (χ4v) is 5.01. The van der Waals surface area contributed by atoms with Gasteiger partial charge in [-0.2, -0.15) is 0 Å². The summed E-state index contributed by atoms with van der Waals surface area (Å²) in [6.07, 6.45) is 0.863. The SMILES string of the molecule is O=C(c1ccc(Cl)cc1)N1CCC[C@@H](C(=O)N2CCN(C(=O)[C@@H]3COc4ccccc4O3)CC2)C1. The van der Waals surface area contributed by atoms with E-state index in [1.807, 2.05) is 23.1 Å². The molecule has 0 aliphatic carbocycles. The number of piperazine rings is 1. The van der Waals surface area contributed by atoms with Crippen molar-refractivity contribution in [3.05, 3.63) is 59.1 Å². The molecule has 0 N–H and O–H groups in total. The molecule has 2 aromatic carbocycles. The summed E-state index contributed by atoms with van der Waals surface area (Å²) in [6, 6.07) is 14.1. The van der Waals surface area contributed by atoms with Crippen LogP contribution in [0.3, 0.4) is 0 Å². The van der Waals surface area contributed by atoms with Crippen LogP contribution in [0.25, 0.3) is 0 Å². The van der Waals surface area contributed by atoms with Gasteiger partial charge in [0.25, 0.3) is 11.8 Å². The van der Waals surface area contributed by atoms with Gasteiger partial charge in [-0.1, -0.05) is 23.7 Å². The number of nitrogens with zero attached hydrogens (tertiary/aromatic N) is 3. The smallest absolute Gasteiger partial charge is 0.267 e. The van der Waals surface area contributed by atoms with Crippen molar-refractivity contribution in [3.63, 3.8) is 0 Å². The second-order valence-corrected chi connectivity index (χ2v) is 9.55. The summed E-state index contributed by atoms with van der Waals surface area (Å²) in [5.41, 5.74) is 0.575. The molecule has 0 bridgehead atoms. The molecule has 5 rings (SSSR count). The van der Waals surface area contributed by atoms with Gasteiger partial charge < -0.3 is 24.2 Å². The Balaban J connectivity index is 1.14. The summed E-state index contributed by atoms with van der Waals surface area (Å²) in [5.74, 6) is 0.838. The minimum atomic E-state index is -0.682. The molecule has 3 amide bonds. The van der Waals surface area contributed by atoms with E-state index in [9.17, 15) is 14.4 Å². The van der Waals surface area contributed by atoms with Crippen molar-refractivity contribution in [2.75, 3.05) is 45.9 Å². The van der Waals surface area contributed by atoms with Crippen molar-refractivity contribution < 1.29 is 23.9 Å². The topological polar surface area (TPSA) is 79.4 Å². The molecule has 2 aromatic rings. The molecule has 8 nitrogen and oxygen atoms in total. The lowest BCUT2D eigenvalue weighted by Gasteiger charge is -2.40. The second kappa shape index (κ2) is 10.2. The number of ether oxygens (including phenoxy) is 2. The molecule has 2 atom stereocenters. The molecule has 2 fully saturated rings. The number of fused-ring (bicyclic) bond motifs is 1. The maximum Gasteiger partial charge on any atom is 0.267 e. The highest BCUT2D eigenvalue weighted by Gasteiger charge is 2.36. The van der Waals surface area contributed by atoms with E-state index in [1.54, 1.807) is 40.1 Å². The van der Waals surface area contributed by atoms with E-state index in [0.29, 0.717) is 61.4 Å². The molecule has 0 radical (unpaired) electrons. The highest BCUT2D eigenvalue weighted by Crippen LogP contribution is 2.31. The van der Waals surface area contributed by atoms with Crippen molar-refractivity contribution in [1.29, 1.82) is 0 Å². The van der Waals surface area contributed by atoms with E-state index < -0.39 is 6.10 Å². The molecule has 3 heterocycles. The highest BCUT2D eigenvalue weighted by atomic mass is 35.5. The van der Waals surface area contributed by atoms with E-state index in [0.717, 1.165) is 12.8 Å². The van der Waals surface area contributed by atoms with E-state index in [-0.39, 0.29) is 30.2 Å². The van der Waals surface area contributed by atoms with Crippen LogP contribution in [0, 0.1) is 5.92 Å². The number of para-hydroxylation sites is 2. The number of halogens is 1. The molecular weight excluding hydrogens is 470 g/mol. The molecular formula is C26H28ClN3O5. The third-order valence-electron chi connectivity index (χ3n) is 6.84. The zero-order chi connectivity index (χ0) is 24.4. The van der Waals surface area contributed by atoms with Crippen LogP contribution in [0.2, 0.25) is 5.02 Å². The maximum atomic E-state index is 13.2. The number of hydrogen-bond acceptors (Lipinski definition) is 5. The third-order valence-corrected chi connectivity index (χ3v) is 7.09. The fraction of sp³-hybridized carbons (Fsp3) is 0.423. The number of carbonyl (C=O) groups excluding carboxylic acids is 3. The zero-order valence-electron chi connectivity index (χ0n) is 19.4. The quantitative estimate of drug-likeness (QED) is 0.651. The average Bonchev–Trinajstić information content (AvgIpc) is 2.92. The first-order valence-electron chi connectivity index (χ1n) is 12.0. The molecule has 184 valence electrons. The number of likely N-dealkylation sites (tertiary alicyclic amines) is 1. The summed E-state index contributed by atoms with van der Waals surface area (Å²) in [4.78, 5) is 44.4. The summed E-state index contributed by atoms with van der Waals surface area (Å²) >= 11 is 5.93. The lowest BCUT2D eigenvalue weighted by atomic mass is 9.95. The molecule has 9 heteroatoms. The van der Waals surface area contributed by atoms with Crippen LogP contribution in [0.5, 0.6) is 11.5 Å². The normalized spacial score (nSPS) is 22.0. The third kappa shape index (κ3) is 5.07. The molecule has 0 aromatic heterocycles. The van der Waals surface area contributed by atoms with Gasteiger partial charge in [0.1, 0.15) is 6.61 Å². The van der Waals surface area contributed by atoms with E-state index in [4.69, 9.17) is 21.1 Å². The Morgan fingerprint density at radius 3 is 2.17 bits per heavy atom. The van der Waals surface area contributed by atoms with Crippen molar-refractivity contribution >= 4 is 29.3 Å². The first-order valence-corrected chi connectivity index (χ1v) is 12.4. The van der Waals surface area contributed by atoms with E-state index >= 15 is 0 Å². The Hall–Kier alpha value is -3.26. The van der Waals surface area contributed by atoms with Gasteiger partial charge >= 0.3 is 0 Å². The number of hydrogen-bond donors (Lipinski definition) is 0. The van der Waals surface area contributed by atoms with Crippen molar-refractivity contribution in [2.24, 2.45) is 5.92 Å². The highest BCUT2D eigenvalue weighted by molar-refractivity contribution is 6.30. The van der Waals surface area contributed by atoms with Crippen LogP contribution < -0.4 is 9.47 Å². The summed E-state index contributed by atoms with van der Waals surface area (Å²) in [5, 5.41) is 0.582. The zero-order valence-corrected chi connectivity index (χ0v) is 20.2. The first kappa shape index (κ1) is 23.5. The Morgan fingerprint density at radius 1 is 0.800 bits per heavy atom. The van der Waals surface area contributed by atoms with Crippen LogP contribution >= 0.6 is 11.6 Å². The lowest BCUT2D eigenvalue weighted by molar-refractivity contribution is -0.148. The number of benzene rings is 2. The molecule has 0 spiro atoms. The summed E-state index contributed by atoms with van der Waals surface area (Å²) < 4.78 is 11.5. The van der Waals surface area contributed by atoms with Gasteiger partial charge in [-0.05, 0) is 49.2 Å². The number of piperidine rings is 1. The van der Waals surface area contributed by atoms with Gasteiger partial charge in [0.15, 0.2) is 11.5 Å². The Kier molecular flexibility index (Phi) is 6.81. The number of amides is 3. The maximum absolute atomic E-state index is 13.2. The fourth-order valence-electron chi connectivity index (χ4n) is 4.89. The van der Waals surface area contributed by atoms with Gasteiger partial charge in [0, 0.05) is 49.9 Å². The lowest BCUT2D eigenvalue weighted by Crippen LogP contribution is -2.56. The number of carbonyl (C=O) groups is 3. The Morgan fingerprint density at radius 2 is 1.46 bits per heavy atom. The van der Waals surface area contributed by atoms with Crippen LogP contribution in [-0.2, 0) is 9.59 Å². The molecule has 2 saturated heterocycles. The molecule has 3 aliphatic heterocycles. The molecule has 3 aliphatic rings.